The van der Waals surface area contributed by atoms with Crippen molar-refractivity contribution in [2.75, 3.05) is 0 Å². The molecule has 0 saturated heterocycles. The number of rotatable bonds is 1. The summed E-state index contributed by atoms with van der Waals surface area (Å²) in [5.41, 5.74) is 4.75. The first kappa shape index (κ1) is 12.0. The lowest BCUT2D eigenvalue weighted by atomic mass is 10.1. The summed E-state index contributed by atoms with van der Waals surface area (Å²) in [4.78, 5) is 13.9. The van der Waals surface area contributed by atoms with Crippen molar-refractivity contribution < 1.29 is 0 Å². The van der Waals surface area contributed by atoms with E-state index in [4.69, 9.17) is 4.98 Å². The standard InChI is InChI=1S/C18H13N3/c1-12-13-9-10-17(16-8-4-5-11-19-16)21-18(13)14-6-2-3-7-15(14)20-12/h2-11H,1H3. The molecule has 3 heterocycles. The highest BCUT2D eigenvalue weighted by atomic mass is 14.8. The number of nitrogens with zero attached hydrogens (tertiary/aromatic N) is 3. The molecule has 100 valence electrons. The van der Waals surface area contributed by atoms with Crippen LogP contribution in [0.1, 0.15) is 5.69 Å². The molecule has 3 heteroatoms. The maximum atomic E-state index is 4.83. The van der Waals surface area contributed by atoms with E-state index in [0.29, 0.717) is 0 Å². The minimum atomic E-state index is 0.887. The fourth-order valence-electron chi connectivity index (χ4n) is 2.63. The van der Waals surface area contributed by atoms with Gasteiger partial charge in [-0.3, -0.25) is 9.97 Å². The van der Waals surface area contributed by atoms with Gasteiger partial charge in [-0.15, -0.1) is 0 Å². The van der Waals surface area contributed by atoms with Gasteiger partial charge in [-0.25, -0.2) is 4.98 Å². The zero-order valence-corrected chi connectivity index (χ0v) is 11.6. The Morgan fingerprint density at radius 2 is 1.57 bits per heavy atom. The second kappa shape index (κ2) is 4.63. The SMILES string of the molecule is Cc1nc2ccccc2c2nc(-c3ccccn3)ccc12. The van der Waals surface area contributed by atoms with Crippen molar-refractivity contribution in [1.29, 1.82) is 0 Å². The summed E-state index contributed by atoms with van der Waals surface area (Å²) in [6.07, 6.45) is 1.79. The molecule has 0 N–H and O–H groups in total. The van der Waals surface area contributed by atoms with E-state index in [1.165, 1.54) is 0 Å². The van der Waals surface area contributed by atoms with Crippen LogP contribution in [0.4, 0.5) is 0 Å². The van der Waals surface area contributed by atoms with E-state index in [1.54, 1.807) is 6.20 Å². The summed E-state index contributed by atoms with van der Waals surface area (Å²) in [6, 6.07) is 18.1. The summed E-state index contributed by atoms with van der Waals surface area (Å²) in [7, 11) is 0. The molecule has 4 rings (SSSR count). The van der Waals surface area contributed by atoms with E-state index < -0.39 is 0 Å². The minimum Gasteiger partial charge on any atom is -0.255 e. The van der Waals surface area contributed by atoms with Crippen LogP contribution in [-0.2, 0) is 0 Å². The second-order valence-corrected chi connectivity index (χ2v) is 5.02. The van der Waals surface area contributed by atoms with Crippen LogP contribution in [-0.4, -0.2) is 15.0 Å². The Kier molecular flexibility index (Phi) is 2.64. The molecule has 0 atom stereocenters. The van der Waals surface area contributed by atoms with Gasteiger partial charge in [0.2, 0.25) is 0 Å². The van der Waals surface area contributed by atoms with E-state index >= 15 is 0 Å². The summed E-state index contributed by atoms with van der Waals surface area (Å²) in [6.45, 7) is 2.02. The summed E-state index contributed by atoms with van der Waals surface area (Å²) < 4.78 is 0. The highest BCUT2D eigenvalue weighted by Crippen LogP contribution is 2.27. The van der Waals surface area contributed by atoms with E-state index in [2.05, 4.69) is 22.1 Å². The van der Waals surface area contributed by atoms with Crippen molar-refractivity contribution in [2.24, 2.45) is 0 Å². The van der Waals surface area contributed by atoms with Crippen LogP contribution in [0.25, 0.3) is 33.2 Å². The van der Waals surface area contributed by atoms with E-state index in [0.717, 1.165) is 38.9 Å². The van der Waals surface area contributed by atoms with E-state index in [1.807, 2.05) is 49.4 Å². The number of hydrogen-bond donors (Lipinski definition) is 0. The maximum absolute atomic E-state index is 4.83. The Labute approximate surface area is 122 Å². The number of aryl methyl sites for hydroxylation is 1. The summed E-state index contributed by atoms with van der Waals surface area (Å²) in [5.74, 6) is 0. The molecule has 3 nitrogen and oxygen atoms in total. The van der Waals surface area contributed by atoms with Gasteiger partial charge in [0.05, 0.1) is 22.4 Å². The number of fused-ring (bicyclic) bond motifs is 3. The quantitative estimate of drug-likeness (QED) is 0.488. The Bertz CT molecular complexity index is 946. The Morgan fingerprint density at radius 1 is 0.714 bits per heavy atom. The van der Waals surface area contributed by atoms with Crippen LogP contribution in [0.5, 0.6) is 0 Å². The van der Waals surface area contributed by atoms with Gasteiger partial charge in [-0.05, 0) is 37.3 Å². The van der Waals surface area contributed by atoms with Gasteiger partial charge in [0.1, 0.15) is 0 Å². The van der Waals surface area contributed by atoms with E-state index in [9.17, 15) is 0 Å². The zero-order chi connectivity index (χ0) is 14.2. The van der Waals surface area contributed by atoms with Crippen LogP contribution in [0.15, 0.2) is 60.8 Å². The summed E-state index contributed by atoms with van der Waals surface area (Å²) >= 11 is 0. The van der Waals surface area contributed by atoms with Crippen molar-refractivity contribution in [3.8, 4) is 11.4 Å². The number of para-hydroxylation sites is 1. The van der Waals surface area contributed by atoms with Crippen LogP contribution >= 0.6 is 0 Å². The lowest BCUT2D eigenvalue weighted by Gasteiger charge is -2.08. The molecule has 4 aromatic rings. The normalized spacial score (nSPS) is 11.1. The molecule has 0 unspecified atom stereocenters. The second-order valence-electron chi connectivity index (χ2n) is 5.02. The fourth-order valence-corrected chi connectivity index (χ4v) is 2.63. The number of hydrogen-bond acceptors (Lipinski definition) is 3. The monoisotopic (exact) mass is 271 g/mol. The molecule has 3 aromatic heterocycles. The molecule has 0 fully saturated rings. The first-order chi connectivity index (χ1) is 10.3. The highest BCUT2D eigenvalue weighted by Gasteiger charge is 2.08. The Hall–Kier alpha value is -2.81. The summed E-state index contributed by atoms with van der Waals surface area (Å²) in [5, 5.41) is 2.17. The van der Waals surface area contributed by atoms with E-state index in [-0.39, 0.29) is 0 Å². The lowest BCUT2D eigenvalue weighted by Crippen LogP contribution is -1.93. The first-order valence-corrected chi connectivity index (χ1v) is 6.90. The topological polar surface area (TPSA) is 38.7 Å². The Balaban J connectivity index is 2.08. The predicted molar refractivity (Wildman–Crippen MR) is 85.0 cm³/mol. The molecule has 0 aliphatic heterocycles. The smallest absolute Gasteiger partial charge is 0.0894 e. The molecule has 0 radical (unpaired) electrons. The number of aromatic nitrogens is 3. The molecular weight excluding hydrogens is 258 g/mol. The third-order valence-electron chi connectivity index (χ3n) is 3.66. The minimum absolute atomic E-state index is 0.887. The van der Waals surface area contributed by atoms with Crippen molar-refractivity contribution in [2.45, 2.75) is 6.92 Å². The van der Waals surface area contributed by atoms with Gasteiger partial charge >= 0.3 is 0 Å². The molecule has 0 amide bonds. The molecule has 0 saturated carbocycles. The van der Waals surface area contributed by atoms with Crippen molar-refractivity contribution in [3.05, 3.63) is 66.5 Å². The van der Waals surface area contributed by atoms with Crippen molar-refractivity contribution in [1.82, 2.24) is 15.0 Å². The van der Waals surface area contributed by atoms with Crippen LogP contribution in [0.2, 0.25) is 0 Å². The molecular formula is C18H13N3. The highest BCUT2D eigenvalue weighted by molar-refractivity contribution is 6.04. The van der Waals surface area contributed by atoms with Crippen LogP contribution in [0.3, 0.4) is 0 Å². The molecule has 0 aliphatic rings. The number of benzene rings is 1. The Morgan fingerprint density at radius 3 is 2.43 bits per heavy atom. The predicted octanol–water partition coefficient (Wildman–Crippen LogP) is 4.15. The third kappa shape index (κ3) is 1.94. The number of pyridine rings is 3. The molecule has 1 aromatic carbocycles. The van der Waals surface area contributed by atoms with Gasteiger partial charge in [0.15, 0.2) is 0 Å². The fraction of sp³-hybridized carbons (Fsp3) is 0.0556. The van der Waals surface area contributed by atoms with Crippen molar-refractivity contribution >= 4 is 21.8 Å². The maximum Gasteiger partial charge on any atom is 0.0894 e. The van der Waals surface area contributed by atoms with Gasteiger partial charge in [-0.2, -0.15) is 0 Å². The van der Waals surface area contributed by atoms with Crippen LogP contribution < -0.4 is 0 Å². The van der Waals surface area contributed by atoms with Gasteiger partial charge < -0.3 is 0 Å². The zero-order valence-electron chi connectivity index (χ0n) is 11.6. The molecule has 0 aliphatic carbocycles. The third-order valence-corrected chi connectivity index (χ3v) is 3.66. The van der Waals surface area contributed by atoms with Crippen molar-refractivity contribution in [3.63, 3.8) is 0 Å². The van der Waals surface area contributed by atoms with Gasteiger partial charge in [-0.1, -0.05) is 24.3 Å². The average Bonchev–Trinajstić information content (AvgIpc) is 2.55. The van der Waals surface area contributed by atoms with Crippen LogP contribution in [0, 0.1) is 6.92 Å². The molecule has 0 bridgehead atoms. The largest absolute Gasteiger partial charge is 0.255 e. The molecule has 0 spiro atoms. The lowest BCUT2D eigenvalue weighted by molar-refractivity contribution is 1.25. The van der Waals surface area contributed by atoms with Gasteiger partial charge in [0.25, 0.3) is 0 Å². The first-order valence-electron chi connectivity index (χ1n) is 6.90. The average molecular weight is 271 g/mol. The van der Waals surface area contributed by atoms with Gasteiger partial charge in [0, 0.05) is 22.7 Å². The molecule has 21 heavy (non-hydrogen) atoms.